The highest BCUT2D eigenvalue weighted by Crippen LogP contribution is 2.23. The van der Waals surface area contributed by atoms with Gasteiger partial charge in [0.25, 0.3) is 0 Å². The van der Waals surface area contributed by atoms with Gasteiger partial charge in [0.15, 0.2) is 0 Å². The average molecular weight is 284 g/mol. The summed E-state index contributed by atoms with van der Waals surface area (Å²) >= 11 is 0. The monoisotopic (exact) mass is 284 g/mol. The molecule has 1 aliphatic rings. The summed E-state index contributed by atoms with van der Waals surface area (Å²) in [5.41, 5.74) is 2.72. The highest BCUT2D eigenvalue weighted by Gasteiger charge is 2.26. The first-order valence-electron chi connectivity index (χ1n) is 7.72. The van der Waals surface area contributed by atoms with E-state index in [-0.39, 0.29) is 0 Å². The fourth-order valence-electron chi connectivity index (χ4n) is 3.11. The zero-order chi connectivity index (χ0) is 14.7. The Morgan fingerprint density at radius 3 is 2.81 bits per heavy atom. The van der Waals surface area contributed by atoms with Crippen LogP contribution in [0.15, 0.2) is 42.7 Å². The lowest BCUT2D eigenvalue weighted by Gasteiger charge is -2.39. The molecule has 1 fully saturated rings. The van der Waals surface area contributed by atoms with Gasteiger partial charge in [0.1, 0.15) is 0 Å². The summed E-state index contributed by atoms with van der Waals surface area (Å²) in [6.07, 6.45) is 5.15. The third kappa shape index (κ3) is 3.52. The Kier molecular flexibility index (Phi) is 4.36. The third-order valence-corrected chi connectivity index (χ3v) is 4.24. The normalized spacial score (nSPS) is 23.3. The van der Waals surface area contributed by atoms with Crippen LogP contribution in [0.25, 0.3) is 0 Å². The second-order valence-electron chi connectivity index (χ2n) is 6.00. The summed E-state index contributed by atoms with van der Waals surface area (Å²) in [7, 11) is 1.98. The quantitative estimate of drug-likeness (QED) is 0.932. The molecule has 0 amide bonds. The lowest BCUT2D eigenvalue weighted by atomic mass is 10.0. The molecule has 3 rings (SSSR count). The van der Waals surface area contributed by atoms with Crippen LogP contribution in [0.1, 0.15) is 24.1 Å². The predicted molar refractivity (Wildman–Crippen MR) is 85.1 cm³/mol. The molecule has 1 N–H and O–H groups in total. The van der Waals surface area contributed by atoms with Crippen molar-refractivity contribution in [1.82, 2.24) is 20.0 Å². The van der Waals surface area contributed by atoms with Gasteiger partial charge in [-0.15, -0.1) is 0 Å². The molecule has 2 atom stereocenters. The molecule has 1 aromatic carbocycles. The van der Waals surface area contributed by atoms with E-state index < -0.39 is 0 Å². The second kappa shape index (κ2) is 6.41. The summed E-state index contributed by atoms with van der Waals surface area (Å²) in [6.45, 7) is 5.47. The van der Waals surface area contributed by atoms with Crippen LogP contribution in [0.5, 0.6) is 0 Å². The average Bonchev–Trinajstić information content (AvgIpc) is 2.92. The zero-order valence-electron chi connectivity index (χ0n) is 12.9. The topological polar surface area (TPSA) is 33.1 Å². The van der Waals surface area contributed by atoms with Gasteiger partial charge in [-0.1, -0.05) is 30.3 Å². The van der Waals surface area contributed by atoms with Crippen LogP contribution >= 0.6 is 0 Å². The van der Waals surface area contributed by atoms with E-state index in [2.05, 4.69) is 58.8 Å². The van der Waals surface area contributed by atoms with Gasteiger partial charge >= 0.3 is 0 Å². The van der Waals surface area contributed by atoms with E-state index in [0.29, 0.717) is 12.1 Å². The van der Waals surface area contributed by atoms with E-state index in [0.717, 1.165) is 26.1 Å². The second-order valence-corrected chi connectivity index (χ2v) is 6.00. The molecule has 2 unspecified atom stereocenters. The number of nitrogens with one attached hydrogen (secondary N) is 1. The summed E-state index contributed by atoms with van der Waals surface area (Å²) in [6, 6.07) is 11.8. The molecule has 0 saturated carbocycles. The van der Waals surface area contributed by atoms with Crippen LogP contribution in [0, 0.1) is 0 Å². The maximum atomic E-state index is 4.26. The van der Waals surface area contributed by atoms with Gasteiger partial charge in [0, 0.05) is 45.0 Å². The summed E-state index contributed by atoms with van der Waals surface area (Å²) < 4.78 is 1.88. The number of piperazine rings is 1. The number of benzene rings is 1. The fourth-order valence-corrected chi connectivity index (χ4v) is 3.11. The maximum Gasteiger partial charge on any atom is 0.0522 e. The minimum absolute atomic E-state index is 0.471. The Labute approximate surface area is 126 Å². The van der Waals surface area contributed by atoms with E-state index in [1.165, 1.54) is 11.1 Å². The first-order valence-corrected chi connectivity index (χ1v) is 7.72. The molecule has 0 bridgehead atoms. The first-order chi connectivity index (χ1) is 10.2. The zero-order valence-corrected chi connectivity index (χ0v) is 12.9. The number of nitrogens with zero attached hydrogens (tertiary/aromatic N) is 3. The van der Waals surface area contributed by atoms with Crippen LogP contribution in [0.4, 0.5) is 0 Å². The van der Waals surface area contributed by atoms with Gasteiger partial charge in [0.05, 0.1) is 6.20 Å². The van der Waals surface area contributed by atoms with E-state index in [4.69, 9.17) is 0 Å². The van der Waals surface area contributed by atoms with Gasteiger partial charge < -0.3 is 5.32 Å². The Hall–Kier alpha value is -1.65. The minimum atomic E-state index is 0.471. The van der Waals surface area contributed by atoms with Crippen molar-refractivity contribution in [2.75, 3.05) is 19.6 Å². The van der Waals surface area contributed by atoms with Crippen LogP contribution in [0.3, 0.4) is 0 Å². The molecular weight excluding hydrogens is 260 g/mol. The first kappa shape index (κ1) is 14.3. The number of aryl methyl sites for hydroxylation is 1. The van der Waals surface area contributed by atoms with Gasteiger partial charge in [-0.2, -0.15) is 5.10 Å². The lowest BCUT2D eigenvalue weighted by Crippen LogP contribution is -2.51. The van der Waals surface area contributed by atoms with E-state index in [1.54, 1.807) is 0 Å². The molecule has 21 heavy (non-hydrogen) atoms. The van der Waals surface area contributed by atoms with Crippen LogP contribution in [-0.4, -0.2) is 40.4 Å². The van der Waals surface area contributed by atoms with Crippen molar-refractivity contribution in [3.63, 3.8) is 0 Å². The van der Waals surface area contributed by atoms with E-state index >= 15 is 0 Å². The molecule has 4 heteroatoms. The van der Waals surface area contributed by atoms with Crippen LogP contribution in [0.2, 0.25) is 0 Å². The van der Waals surface area contributed by atoms with Gasteiger partial charge in [-0.3, -0.25) is 9.58 Å². The molecule has 0 radical (unpaired) electrons. The van der Waals surface area contributed by atoms with Crippen LogP contribution in [-0.2, 0) is 13.5 Å². The summed E-state index contributed by atoms with van der Waals surface area (Å²) in [4.78, 5) is 2.60. The molecular formula is C17H24N4. The van der Waals surface area contributed by atoms with Crippen molar-refractivity contribution in [3.05, 3.63) is 53.9 Å². The fraction of sp³-hybridized carbons (Fsp3) is 0.471. The predicted octanol–water partition coefficient (Wildman–Crippen LogP) is 2.00. The molecule has 1 aromatic heterocycles. The Bertz CT molecular complexity index is 563. The van der Waals surface area contributed by atoms with Crippen molar-refractivity contribution < 1.29 is 0 Å². The third-order valence-electron chi connectivity index (χ3n) is 4.24. The Morgan fingerprint density at radius 1 is 1.29 bits per heavy atom. The molecule has 0 aliphatic carbocycles. The number of rotatable bonds is 4. The molecule has 1 aliphatic heterocycles. The standard InChI is InChI=1S/C17H24N4/c1-14-12-21(9-8-15-10-19-20(2)13-15)17(11-18-14)16-6-4-3-5-7-16/h3-7,10,13-14,17-18H,8-9,11-12H2,1-2H3. The van der Waals surface area contributed by atoms with Gasteiger partial charge in [-0.05, 0) is 24.5 Å². The molecule has 4 nitrogen and oxygen atoms in total. The van der Waals surface area contributed by atoms with Crippen molar-refractivity contribution in [2.45, 2.75) is 25.4 Å². The molecule has 2 aromatic rings. The molecule has 112 valence electrons. The molecule has 2 heterocycles. The number of aromatic nitrogens is 2. The van der Waals surface area contributed by atoms with Crippen molar-refractivity contribution in [2.24, 2.45) is 7.05 Å². The van der Waals surface area contributed by atoms with Gasteiger partial charge in [-0.25, -0.2) is 0 Å². The van der Waals surface area contributed by atoms with Crippen molar-refractivity contribution in [3.8, 4) is 0 Å². The van der Waals surface area contributed by atoms with Gasteiger partial charge in [0.2, 0.25) is 0 Å². The largest absolute Gasteiger partial charge is 0.311 e. The van der Waals surface area contributed by atoms with Crippen LogP contribution < -0.4 is 5.32 Å². The number of hydrogen-bond acceptors (Lipinski definition) is 3. The highest BCUT2D eigenvalue weighted by molar-refractivity contribution is 5.20. The maximum absolute atomic E-state index is 4.26. The summed E-state index contributed by atoms with van der Waals surface area (Å²) in [5, 5.41) is 7.86. The van der Waals surface area contributed by atoms with Crippen molar-refractivity contribution in [1.29, 1.82) is 0 Å². The molecule has 0 spiro atoms. The Balaban J connectivity index is 1.69. The minimum Gasteiger partial charge on any atom is -0.311 e. The van der Waals surface area contributed by atoms with E-state index in [1.807, 2.05) is 17.9 Å². The lowest BCUT2D eigenvalue weighted by molar-refractivity contribution is 0.137. The SMILES string of the molecule is CC1CN(CCc2cnn(C)c2)C(c2ccccc2)CN1. The van der Waals surface area contributed by atoms with Crippen molar-refractivity contribution >= 4 is 0 Å². The smallest absolute Gasteiger partial charge is 0.0522 e. The Morgan fingerprint density at radius 2 is 2.10 bits per heavy atom. The molecule has 1 saturated heterocycles. The highest BCUT2D eigenvalue weighted by atomic mass is 15.2. The van der Waals surface area contributed by atoms with E-state index in [9.17, 15) is 0 Å². The summed E-state index contributed by atoms with van der Waals surface area (Å²) in [5.74, 6) is 0. The number of hydrogen-bond donors (Lipinski definition) is 1.